The lowest BCUT2D eigenvalue weighted by atomic mass is 9.82. The Kier molecular flexibility index (Phi) is 4.23. The van der Waals surface area contributed by atoms with Crippen LogP contribution in [0.15, 0.2) is 36.1 Å². The van der Waals surface area contributed by atoms with Crippen molar-refractivity contribution in [1.82, 2.24) is 0 Å². The van der Waals surface area contributed by atoms with Gasteiger partial charge in [-0.05, 0) is 30.9 Å². The summed E-state index contributed by atoms with van der Waals surface area (Å²) in [4.78, 5) is 0. The van der Waals surface area contributed by atoms with Gasteiger partial charge in [0.2, 0.25) is 0 Å². The lowest BCUT2D eigenvalue weighted by Crippen LogP contribution is -2.11. The third-order valence-corrected chi connectivity index (χ3v) is 3.27. The predicted octanol–water partition coefficient (Wildman–Crippen LogP) is 2.95. The van der Waals surface area contributed by atoms with E-state index in [1.54, 1.807) is 12.2 Å². The first-order valence-corrected chi connectivity index (χ1v) is 6.22. The Bertz CT molecular complexity index is 298. The second kappa shape index (κ2) is 5.90. The summed E-state index contributed by atoms with van der Waals surface area (Å²) < 4.78 is 5.63. The molecule has 1 saturated carbocycles. The molecule has 1 fully saturated rings. The van der Waals surface area contributed by atoms with Crippen LogP contribution < -0.4 is 0 Å². The summed E-state index contributed by atoms with van der Waals surface area (Å²) in [6.07, 6.45) is 15.2. The molecule has 0 aromatic rings. The second-order valence-corrected chi connectivity index (χ2v) is 4.59. The summed E-state index contributed by atoms with van der Waals surface area (Å²) in [6.45, 7) is 0.763. The van der Waals surface area contributed by atoms with Crippen LogP contribution in [-0.2, 0) is 4.74 Å². The Labute approximate surface area is 97.3 Å². The first-order valence-electron chi connectivity index (χ1n) is 6.22. The van der Waals surface area contributed by atoms with Gasteiger partial charge in [0, 0.05) is 0 Å². The molecule has 1 N–H and O–H groups in total. The minimum absolute atomic E-state index is 0.517. The van der Waals surface area contributed by atoms with Crippen LogP contribution in [0, 0.1) is 5.92 Å². The average molecular weight is 220 g/mol. The highest BCUT2D eigenvalue weighted by molar-refractivity contribution is 5.24. The molecule has 0 aromatic heterocycles. The molecule has 2 aliphatic rings. The molecule has 0 bridgehead atoms. The number of rotatable bonds is 5. The fraction of sp³-hybridized carbons (Fsp3) is 0.571. The molecule has 1 unspecified atom stereocenters. The maximum Gasteiger partial charge on any atom is 0.118 e. The molecule has 88 valence electrons. The standard InChI is InChI=1S/C14H20O2/c15-13-8-1-2-9-14(11-13)16-10-4-7-12-5-3-6-12/h1-2,8-9,11-13,15H,3-7,10H2. The summed E-state index contributed by atoms with van der Waals surface area (Å²) in [5.41, 5.74) is 0. The number of hydrogen-bond acceptors (Lipinski definition) is 2. The van der Waals surface area contributed by atoms with E-state index in [-0.39, 0.29) is 0 Å². The van der Waals surface area contributed by atoms with Crippen LogP contribution in [0.25, 0.3) is 0 Å². The van der Waals surface area contributed by atoms with Crippen molar-refractivity contribution in [2.24, 2.45) is 5.92 Å². The minimum atomic E-state index is -0.517. The van der Waals surface area contributed by atoms with Gasteiger partial charge in [0.15, 0.2) is 0 Å². The van der Waals surface area contributed by atoms with E-state index in [1.165, 1.54) is 25.7 Å². The summed E-state index contributed by atoms with van der Waals surface area (Å²) >= 11 is 0. The first-order chi connectivity index (χ1) is 7.84. The van der Waals surface area contributed by atoms with Crippen molar-refractivity contribution in [3.8, 4) is 0 Å². The van der Waals surface area contributed by atoms with Gasteiger partial charge in [-0.3, -0.25) is 0 Å². The molecule has 2 aliphatic carbocycles. The van der Waals surface area contributed by atoms with Crippen molar-refractivity contribution in [1.29, 1.82) is 0 Å². The fourth-order valence-corrected chi connectivity index (χ4v) is 2.05. The van der Waals surface area contributed by atoms with Crippen molar-refractivity contribution < 1.29 is 9.84 Å². The molecule has 2 nitrogen and oxygen atoms in total. The zero-order valence-corrected chi connectivity index (χ0v) is 9.64. The Morgan fingerprint density at radius 1 is 1.31 bits per heavy atom. The zero-order valence-electron chi connectivity index (χ0n) is 9.64. The van der Waals surface area contributed by atoms with Gasteiger partial charge in [0.05, 0.1) is 12.7 Å². The Morgan fingerprint density at radius 3 is 2.94 bits per heavy atom. The lowest BCUT2D eigenvalue weighted by molar-refractivity contribution is 0.188. The molecule has 0 spiro atoms. The van der Waals surface area contributed by atoms with E-state index in [4.69, 9.17) is 4.74 Å². The highest BCUT2D eigenvalue weighted by Crippen LogP contribution is 2.30. The van der Waals surface area contributed by atoms with E-state index >= 15 is 0 Å². The van der Waals surface area contributed by atoms with E-state index in [9.17, 15) is 5.11 Å². The van der Waals surface area contributed by atoms with Crippen molar-refractivity contribution in [3.63, 3.8) is 0 Å². The minimum Gasteiger partial charge on any atom is -0.494 e. The van der Waals surface area contributed by atoms with Gasteiger partial charge in [-0.2, -0.15) is 0 Å². The Balaban J connectivity index is 1.64. The Morgan fingerprint density at radius 2 is 2.19 bits per heavy atom. The van der Waals surface area contributed by atoms with Gasteiger partial charge < -0.3 is 9.84 Å². The quantitative estimate of drug-likeness (QED) is 0.722. The topological polar surface area (TPSA) is 29.5 Å². The number of ether oxygens (including phenoxy) is 1. The van der Waals surface area contributed by atoms with Gasteiger partial charge in [-0.25, -0.2) is 0 Å². The molecule has 0 amide bonds. The first kappa shape index (κ1) is 11.5. The zero-order chi connectivity index (χ0) is 11.2. The third kappa shape index (κ3) is 3.53. The van der Waals surface area contributed by atoms with Crippen LogP contribution >= 0.6 is 0 Å². The molecule has 0 radical (unpaired) electrons. The van der Waals surface area contributed by atoms with Gasteiger partial charge in [-0.1, -0.05) is 37.5 Å². The monoisotopic (exact) mass is 220 g/mol. The number of allylic oxidation sites excluding steroid dienone is 3. The smallest absolute Gasteiger partial charge is 0.118 e. The normalized spacial score (nSPS) is 24.8. The molecular formula is C14H20O2. The number of hydrogen-bond donors (Lipinski definition) is 1. The molecule has 0 aromatic carbocycles. The van der Waals surface area contributed by atoms with Gasteiger partial charge in [-0.15, -0.1) is 0 Å². The molecule has 1 atom stereocenters. The Hall–Kier alpha value is -1.02. The molecule has 0 saturated heterocycles. The summed E-state index contributed by atoms with van der Waals surface area (Å²) in [5.74, 6) is 1.74. The van der Waals surface area contributed by atoms with E-state index in [1.807, 2.05) is 18.2 Å². The molecule has 2 rings (SSSR count). The second-order valence-electron chi connectivity index (χ2n) is 4.59. The van der Waals surface area contributed by atoms with Crippen LogP contribution in [0.1, 0.15) is 32.1 Å². The predicted molar refractivity (Wildman–Crippen MR) is 64.9 cm³/mol. The van der Waals surface area contributed by atoms with Crippen molar-refractivity contribution in [2.45, 2.75) is 38.2 Å². The summed E-state index contributed by atoms with van der Waals surface area (Å²) in [6, 6.07) is 0. The van der Waals surface area contributed by atoms with Crippen LogP contribution in [0.5, 0.6) is 0 Å². The SMILES string of the molecule is OC1C=CC=CC(OCCCC2CCC2)=C1. The largest absolute Gasteiger partial charge is 0.494 e. The fourth-order valence-electron chi connectivity index (χ4n) is 2.05. The van der Waals surface area contributed by atoms with E-state index in [2.05, 4.69) is 0 Å². The van der Waals surface area contributed by atoms with Crippen molar-refractivity contribution in [3.05, 3.63) is 36.1 Å². The summed E-state index contributed by atoms with van der Waals surface area (Å²) in [7, 11) is 0. The highest BCUT2D eigenvalue weighted by Gasteiger charge is 2.16. The van der Waals surface area contributed by atoms with Crippen molar-refractivity contribution >= 4 is 0 Å². The van der Waals surface area contributed by atoms with E-state index < -0.39 is 6.10 Å². The number of aliphatic hydroxyl groups excluding tert-OH is 1. The van der Waals surface area contributed by atoms with Crippen molar-refractivity contribution in [2.75, 3.05) is 6.61 Å². The van der Waals surface area contributed by atoms with Gasteiger partial charge in [0.25, 0.3) is 0 Å². The third-order valence-electron chi connectivity index (χ3n) is 3.27. The maximum atomic E-state index is 9.47. The van der Waals surface area contributed by atoms with Crippen LogP contribution in [0.3, 0.4) is 0 Å². The van der Waals surface area contributed by atoms with Crippen LogP contribution in [0.4, 0.5) is 0 Å². The van der Waals surface area contributed by atoms with Gasteiger partial charge in [0.1, 0.15) is 5.76 Å². The van der Waals surface area contributed by atoms with Gasteiger partial charge >= 0.3 is 0 Å². The molecule has 16 heavy (non-hydrogen) atoms. The molecule has 0 aliphatic heterocycles. The molecule has 2 heteroatoms. The summed E-state index contributed by atoms with van der Waals surface area (Å²) in [5, 5.41) is 9.47. The van der Waals surface area contributed by atoms with Crippen LogP contribution in [-0.4, -0.2) is 17.8 Å². The van der Waals surface area contributed by atoms with E-state index in [0.29, 0.717) is 0 Å². The van der Waals surface area contributed by atoms with Crippen LogP contribution in [0.2, 0.25) is 0 Å². The number of aliphatic hydroxyl groups is 1. The van der Waals surface area contributed by atoms with E-state index in [0.717, 1.165) is 24.7 Å². The maximum absolute atomic E-state index is 9.47. The molecular weight excluding hydrogens is 200 g/mol. The highest BCUT2D eigenvalue weighted by atomic mass is 16.5. The molecule has 0 heterocycles. The lowest BCUT2D eigenvalue weighted by Gasteiger charge is -2.25. The average Bonchev–Trinajstić information content (AvgIpc) is 2.40.